The molecule has 5 heteroatoms. The summed E-state index contributed by atoms with van der Waals surface area (Å²) in [4.78, 5) is 29.1. The third-order valence-electron chi connectivity index (χ3n) is 6.54. The molecule has 0 saturated carbocycles. The summed E-state index contributed by atoms with van der Waals surface area (Å²) in [6, 6.07) is 37.3. The second-order valence-corrected chi connectivity index (χ2v) is 9.97. The smallest absolute Gasteiger partial charge is 0.242 e. The van der Waals surface area contributed by atoms with Gasteiger partial charge in [0.25, 0.3) is 0 Å². The normalized spacial score (nSPS) is 11.6. The van der Waals surface area contributed by atoms with Crippen molar-refractivity contribution in [2.75, 3.05) is 7.05 Å². The van der Waals surface area contributed by atoms with E-state index >= 15 is 0 Å². The SMILES string of the molecule is CNC(=O)C(Cc1ccccc1)N(Cc1cccc(Br)c1)C(=O)CC(c1ccccc1)c1ccccc1. The standard InChI is InChI=1S/C32H31BrN2O2/c1-34-32(37)30(21-24-12-5-2-6-13-24)35(23-25-14-11-19-28(33)20-25)31(36)22-29(26-15-7-3-8-16-26)27-17-9-4-10-18-27/h2-20,29-30H,21-23H2,1H3,(H,34,37). The van der Waals surface area contributed by atoms with Crippen molar-refractivity contribution in [3.8, 4) is 0 Å². The molecule has 0 heterocycles. The van der Waals surface area contributed by atoms with Crippen LogP contribution < -0.4 is 5.32 Å². The number of hydrogen-bond donors (Lipinski definition) is 1. The van der Waals surface area contributed by atoms with Crippen molar-refractivity contribution in [3.63, 3.8) is 0 Å². The molecular formula is C32H31BrN2O2. The van der Waals surface area contributed by atoms with Gasteiger partial charge in [0.2, 0.25) is 11.8 Å². The molecule has 4 aromatic carbocycles. The van der Waals surface area contributed by atoms with E-state index in [2.05, 4.69) is 45.5 Å². The number of carbonyl (C=O) groups excluding carboxylic acids is 2. The zero-order valence-electron chi connectivity index (χ0n) is 20.9. The minimum Gasteiger partial charge on any atom is -0.357 e. The van der Waals surface area contributed by atoms with E-state index in [0.29, 0.717) is 13.0 Å². The molecule has 1 unspecified atom stereocenters. The van der Waals surface area contributed by atoms with Crippen LogP contribution in [0.4, 0.5) is 0 Å². The molecule has 4 rings (SSSR count). The highest BCUT2D eigenvalue weighted by Crippen LogP contribution is 2.30. The van der Waals surface area contributed by atoms with Gasteiger partial charge in [-0.25, -0.2) is 0 Å². The summed E-state index contributed by atoms with van der Waals surface area (Å²) in [7, 11) is 1.62. The maximum Gasteiger partial charge on any atom is 0.242 e. The summed E-state index contributed by atoms with van der Waals surface area (Å²) in [6.07, 6.45) is 0.686. The van der Waals surface area contributed by atoms with Crippen molar-refractivity contribution in [1.82, 2.24) is 10.2 Å². The highest BCUT2D eigenvalue weighted by molar-refractivity contribution is 9.10. The molecule has 0 aromatic heterocycles. The Morgan fingerprint density at radius 3 is 1.84 bits per heavy atom. The van der Waals surface area contributed by atoms with Crippen LogP contribution in [0, 0.1) is 0 Å². The first-order valence-corrected chi connectivity index (χ1v) is 13.2. The van der Waals surface area contributed by atoms with Crippen LogP contribution in [0.25, 0.3) is 0 Å². The van der Waals surface area contributed by atoms with Crippen LogP contribution in [0.15, 0.2) is 120 Å². The highest BCUT2D eigenvalue weighted by Gasteiger charge is 2.31. The number of rotatable bonds is 10. The summed E-state index contributed by atoms with van der Waals surface area (Å²) < 4.78 is 0.934. The molecule has 0 aliphatic carbocycles. The molecule has 37 heavy (non-hydrogen) atoms. The summed E-state index contributed by atoms with van der Waals surface area (Å²) in [5.74, 6) is -0.368. The first-order valence-electron chi connectivity index (χ1n) is 12.4. The molecule has 0 fully saturated rings. The third-order valence-corrected chi connectivity index (χ3v) is 7.04. The summed E-state index contributed by atoms with van der Waals surface area (Å²) in [5.41, 5.74) is 4.11. The lowest BCUT2D eigenvalue weighted by molar-refractivity contribution is -0.141. The Labute approximate surface area is 227 Å². The largest absolute Gasteiger partial charge is 0.357 e. The zero-order valence-corrected chi connectivity index (χ0v) is 22.5. The Morgan fingerprint density at radius 2 is 1.30 bits per heavy atom. The number of nitrogens with one attached hydrogen (secondary N) is 1. The van der Waals surface area contributed by atoms with Gasteiger partial charge < -0.3 is 10.2 Å². The molecule has 0 bridgehead atoms. The third kappa shape index (κ3) is 7.17. The van der Waals surface area contributed by atoms with Crippen molar-refractivity contribution in [1.29, 1.82) is 0 Å². The van der Waals surface area contributed by atoms with Crippen molar-refractivity contribution >= 4 is 27.7 Å². The molecule has 0 spiro atoms. The van der Waals surface area contributed by atoms with Gasteiger partial charge in [0.1, 0.15) is 6.04 Å². The van der Waals surface area contributed by atoms with E-state index in [0.717, 1.165) is 26.7 Å². The van der Waals surface area contributed by atoms with E-state index in [4.69, 9.17) is 0 Å². The second-order valence-electron chi connectivity index (χ2n) is 9.05. The average molecular weight is 556 g/mol. The molecule has 1 N–H and O–H groups in total. The maximum absolute atomic E-state index is 14.2. The molecule has 0 aliphatic rings. The average Bonchev–Trinajstić information content (AvgIpc) is 2.94. The number of halogens is 1. The van der Waals surface area contributed by atoms with E-state index in [-0.39, 0.29) is 24.2 Å². The molecule has 1 atom stereocenters. The Kier molecular flexibility index (Phi) is 9.28. The van der Waals surface area contributed by atoms with Gasteiger partial charge in [-0.05, 0) is 34.4 Å². The van der Waals surface area contributed by atoms with Crippen LogP contribution >= 0.6 is 15.9 Å². The van der Waals surface area contributed by atoms with Crippen LogP contribution in [-0.4, -0.2) is 29.8 Å². The number of amides is 2. The van der Waals surface area contributed by atoms with Gasteiger partial charge in [-0.2, -0.15) is 0 Å². The monoisotopic (exact) mass is 554 g/mol. The van der Waals surface area contributed by atoms with Crippen LogP contribution in [0.2, 0.25) is 0 Å². The number of likely N-dealkylation sites (N-methyl/N-ethyl adjacent to an activating group) is 1. The van der Waals surface area contributed by atoms with Gasteiger partial charge in [-0.3, -0.25) is 9.59 Å². The first kappa shape index (κ1) is 26.4. The maximum atomic E-state index is 14.2. The van der Waals surface area contributed by atoms with Gasteiger partial charge in [0.05, 0.1) is 0 Å². The highest BCUT2D eigenvalue weighted by atomic mass is 79.9. The zero-order chi connectivity index (χ0) is 26.0. The summed E-state index contributed by atoms with van der Waals surface area (Å²) in [6.45, 7) is 0.333. The van der Waals surface area contributed by atoms with Crippen LogP contribution in [0.1, 0.15) is 34.6 Å². The Balaban J connectivity index is 1.71. The molecular weight excluding hydrogens is 524 g/mol. The molecule has 2 amide bonds. The van der Waals surface area contributed by atoms with E-state index < -0.39 is 6.04 Å². The quantitative estimate of drug-likeness (QED) is 0.248. The van der Waals surface area contributed by atoms with E-state index in [9.17, 15) is 9.59 Å². The molecule has 0 saturated heterocycles. The van der Waals surface area contributed by atoms with Gasteiger partial charge in [0, 0.05) is 36.8 Å². The fraction of sp³-hybridized carbons (Fsp3) is 0.188. The van der Waals surface area contributed by atoms with Gasteiger partial charge in [0.15, 0.2) is 0 Å². The fourth-order valence-corrected chi connectivity index (χ4v) is 5.09. The van der Waals surface area contributed by atoms with Crippen molar-refractivity contribution < 1.29 is 9.59 Å². The van der Waals surface area contributed by atoms with Gasteiger partial charge in [-0.15, -0.1) is 0 Å². The fourth-order valence-electron chi connectivity index (χ4n) is 4.64. The van der Waals surface area contributed by atoms with Crippen molar-refractivity contribution in [2.45, 2.75) is 31.3 Å². The number of hydrogen-bond acceptors (Lipinski definition) is 2. The van der Waals surface area contributed by atoms with Crippen molar-refractivity contribution in [2.24, 2.45) is 0 Å². The number of carbonyl (C=O) groups is 2. The topological polar surface area (TPSA) is 49.4 Å². The lowest BCUT2D eigenvalue weighted by Crippen LogP contribution is -2.50. The summed E-state index contributed by atoms with van der Waals surface area (Å²) >= 11 is 3.54. The molecule has 0 radical (unpaired) electrons. The van der Waals surface area contributed by atoms with Gasteiger partial charge in [-0.1, -0.05) is 119 Å². The molecule has 0 aliphatic heterocycles. The van der Waals surface area contributed by atoms with Crippen LogP contribution in [0.3, 0.4) is 0 Å². The number of nitrogens with zero attached hydrogens (tertiary/aromatic N) is 1. The van der Waals surface area contributed by atoms with Crippen LogP contribution in [-0.2, 0) is 22.6 Å². The lowest BCUT2D eigenvalue weighted by atomic mass is 9.87. The molecule has 4 aromatic rings. The predicted octanol–water partition coefficient (Wildman–Crippen LogP) is 6.36. The Bertz CT molecular complexity index is 1260. The molecule has 188 valence electrons. The van der Waals surface area contributed by atoms with Crippen molar-refractivity contribution in [3.05, 3.63) is 142 Å². The Hall–Kier alpha value is -3.70. The molecule has 4 nitrogen and oxygen atoms in total. The number of benzene rings is 4. The minimum atomic E-state index is -0.647. The van der Waals surface area contributed by atoms with E-state index in [1.54, 1.807) is 11.9 Å². The summed E-state index contributed by atoms with van der Waals surface area (Å²) in [5, 5.41) is 2.79. The first-order chi connectivity index (χ1) is 18.0. The van der Waals surface area contributed by atoms with Gasteiger partial charge >= 0.3 is 0 Å². The predicted molar refractivity (Wildman–Crippen MR) is 152 cm³/mol. The van der Waals surface area contributed by atoms with E-state index in [1.807, 2.05) is 91.0 Å². The second kappa shape index (κ2) is 13.0. The Morgan fingerprint density at radius 1 is 0.757 bits per heavy atom. The minimum absolute atomic E-state index is 0.0674. The lowest BCUT2D eigenvalue weighted by Gasteiger charge is -2.32. The van der Waals surface area contributed by atoms with Crippen LogP contribution in [0.5, 0.6) is 0 Å². The van der Waals surface area contributed by atoms with E-state index in [1.165, 1.54) is 0 Å².